The summed E-state index contributed by atoms with van der Waals surface area (Å²) >= 11 is 2.35. The molecule has 0 aliphatic rings. The third-order valence-corrected chi connectivity index (χ3v) is 4.27. The number of benzene rings is 2. The van der Waals surface area contributed by atoms with E-state index in [0.717, 1.165) is 0 Å². The number of hydrogen-bond donors (Lipinski definition) is 1. The van der Waals surface area contributed by atoms with E-state index in [1.54, 1.807) is 0 Å². The molecule has 0 spiro atoms. The van der Waals surface area contributed by atoms with Gasteiger partial charge in [0.2, 0.25) is 0 Å². The summed E-state index contributed by atoms with van der Waals surface area (Å²) in [6.07, 6.45) is 0. The quantitative estimate of drug-likeness (QED) is 0.804. The molecule has 0 amide bonds. The van der Waals surface area contributed by atoms with Crippen molar-refractivity contribution in [2.24, 2.45) is 5.73 Å². The van der Waals surface area contributed by atoms with E-state index in [9.17, 15) is 0 Å². The first-order valence-electron chi connectivity index (χ1n) is 6.08. The number of hydrogen-bond acceptors (Lipinski definition) is 1. The minimum Gasteiger partial charge on any atom is -0.320 e. The van der Waals surface area contributed by atoms with Crippen LogP contribution in [0, 0.1) is 24.3 Å². The smallest absolute Gasteiger partial charge is 0.0567 e. The van der Waals surface area contributed by atoms with Gasteiger partial charge in [-0.2, -0.15) is 0 Å². The fourth-order valence-electron chi connectivity index (χ4n) is 2.56. The monoisotopic (exact) mass is 351 g/mol. The van der Waals surface area contributed by atoms with Crippen LogP contribution in [0.1, 0.15) is 33.9 Å². The highest BCUT2D eigenvalue weighted by molar-refractivity contribution is 14.1. The van der Waals surface area contributed by atoms with E-state index in [1.165, 1.54) is 31.4 Å². The van der Waals surface area contributed by atoms with Gasteiger partial charge in [0.15, 0.2) is 0 Å². The molecular formula is C16H18IN. The summed E-state index contributed by atoms with van der Waals surface area (Å²) in [6.45, 7) is 6.41. The van der Waals surface area contributed by atoms with Gasteiger partial charge in [0.1, 0.15) is 0 Å². The summed E-state index contributed by atoms with van der Waals surface area (Å²) in [5, 5.41) is 0. The van der Waals surface area contributed by atoms with Crippen LogP contribution < -0.4 is 5.73 Å². The van der Waals surface area contributed by atoms with Crippen molar-refractivity contribution in [3.05, 3.63) is 67.8 Å². The molecule has 0 saturated carbocycles. The van der Waals surface area contributed by atoms with Crippen LogP contribution in [0.3, 0.4) is 0 Å². The maximum absolute atomic E-state index is 6.46. The van der Waals surface area contributed by atoms with Crippen LogP contribution in [0.5, 0.6) is 0 Å². The van der Waals surface area contributed by atoms with E-state index in [0.29, 0.717) is 0 Å². The first-order chi connectivity index (χ1) is 8.50. The molecule has 2 heteroatoms. The second kappa shape index (κ2) is 5.41. The number of rotatable bonds is 2. The van der Waals surface area contributed by atoms with E-state index in [4.69, 9.17) is 5.73 Å². The van der Waals surface area contributed by atoms with Gasteiger partial charge in [0.05, 0.1) is 6.04 Å². The molecule has 1 nitrogen and oxygen atoms in total. The van der Waals surface area contributed by atoms with E-state index < -0.39 is 0 Å². The summed E-state index contributed by atoms with van der Waals surface area (Å²) in [5.41, 5.74) is 12.8. The fourth-order valence-corrected chi connectivity index (χ4v) is 3.29. The van der Waals surface area contributed by atoms with Crippen LogP contribution in [0.15, 0.2) is 36.4 Å². The Hall–Kier alpha value is -0.870. The average molecular weight is 351 g/mol. The van der Waals surface area contributed by atoms with E-state index >= 15 is 0 Å². The van der Waals surface area contributed by atoms with Crippen LogP contribution in [0.4, 0.5) is 0 Å². The molecular weight excluding hydrogens is 333 g/mol. The first-order valence-corrected chi connectivity index (χ1v) is 7.16. The lowest BCUT2D eigenvalue weighted by Crippen LogP contribution is -2.16. The van der Waals surface area contributed by atoms with Gasteiger partial charge >= 0.3 is 0 Å². The average Bonchev–Trinajstić information content (AvgIpc) is 2.27. The Morgan fingerprint density at radius 1 is 1.00 bits per heavy atom. The highest BCUT2D eigenvalue weighted by Crippen LogP contribution is 2.29. The molecule has 1 atom stereocenters. The zero-order valence-corrected chi connectivity index (χ0v) is 13.2. The molecule has 0 saturated heterocycles. The maximum atomic E-state index is 6.46. The van der Waals surface area contributed by atoms with Gasteiger partial charge in [-0.3, -0.25) is 0 Å². The van der Waals surface area contributed by atoms with Crippen molar-refractivity contribution >= 4 is 22.6 Å². The second-order valence-electron chi connectivity index (χ2n) is 4.81. The van der Waals surface area contributed by atoms with Crippen molar-refractivity contribution in [1.29, 1.82) is 0 Å². The molecule has 0 fully saturated rings. The Morgan fingerprint density at radius 2 is 1.56 bits per heavy atom. The second-order valence-corrected chi connectivity index (χ2v) is 5.97. The zero-order valence-electron chi connectivity index (χ0n) is 11.0. The largest absolute Gasteiger partial charge is 0.320 e. The summed E-state index contributed by atoms with van der Waals surface area (Å²) in [7, 11) is 0. The predicted molar refractivity (Wildman–Crippen MR) is 85.8 cm³/mol. The molecule has 0 bridgehead atoms. The lowest BCUT2D eigenvalue weighted by molar-refractivity contribution is 0.845. The van der Waals surface area contributed by atoms with Crippen molar-refractivity contribution < 1.29 is 0 Å². The van der Waals surface area contributed by atoms with E-state index in [2.05, 4.69) is 73.7 Å². The topological polar surface area (TPSA) is 26.0 Å². The normalized spacial score (nSPS) is 12.5. The molecule has 0 aliphatic carbocycles. The number of nitrogens with two attached hydrogens (primary N) is 1. The summed E-state index contributed by atoms with van der Waals surface area (Å²) < 4.78 is 1.22. The molecule has 0 heterocycles. The molecule has 0 aliphatic heterocycles. The Balaban J connectivity index is 2.53. The summed E-state index contributed by atoms with van der Waals surface area (Å²) in [6, 6.07) is 12.7. The summed E-state index contributed by atoms with van der Waals surface area (Å²) in [4.78, 5) is 0. The third kappa shape index (κ3) is 2.59. The minimum absolute atomic E-state index is 0.0429. The van der Waals surface area contributed by atoms with Crippen molar-refractivity contribution in [2.45, 2.75) is 26.8 Å². The molecule has 2 aromatic carbocycles. The van der Waals surface area contributed by atoms with Gasteiger partial charge in [0, 0.05) is 3.57 Å². The number of halogens is 1. The fraction of sp³-hybridized carbons (Fsp3) is 0.250. The third-order valence-electron chi connectivity index (χ3n) is 3.29. The minimum atomic E-state index is -0.0429. The van der Waals surface area contributed by atoms with Crippen LogP contribution in [-0.4, -0.2) is 0 Å². The van der Waals surface area contributed by atoms with Crippen molar-refractivity contribution in [3.63, 3.8) is 0 Å². The Morgan fingerprint density at radius 3 is 2.11 bits per heavy atom. The summed E-state index contributed by atoms with van der Waals surface area (Å²) in [5.74, 6) is 0. The van der Waals surface area contributed by atoms with Gasteiger partial charge in [-0.15, -0.1) is 0 Å². The highest BCUT2D eigenvalue weighted by Gasteiger charge is 2.16. The first kappa shape index (κ1) is 13.6. The highest BCUT2D eigenvalue weighted by atomic mass is 127. The standard InChI is InChI=1S/C16H18IN/c1-10-8-11(2)15(12(3)9-10)16(18)13-6-4-5-7-14(13)17/h4-9,16H,18H2,1-3H3. The van der Waals surface area contributed by atoms with Crippen LogP contribution in [0.2, 0.25) is 0 Å². The Kier molecular flexibility index (Phi) is 4.07. The molecule has 18 heavy (non-hydrogen) atoms. The van der Waals surface area contributed by atoms with Crippen molar-refractivity contribution in [2.75, 3.05) is 0 Å². The Bertz CT molecular complexity index is 552. The van der Waals surface area contributed by atoms with Crippen molar-refractivity contribution in [3.8, 4) is 0 Å². The molecule has 1 unspecified atom stereocenters. The molecule has 94 valence electrons. The van der Waals surface area contributed by atoms with Gasteiger partial charge in [-0.25, -0.2) is 0 Å². The van der Waals surface area contributed by atoms with Gasteiger partial charge < -0.3 is 5.73 Å². The number of aryl methyl sites for hydroxylation is 3. The van der Waals surface area contributed by atoms with Gasteiger partial charge in [-0.1, -0.05) is 35.9 Å². The molecule has 0 aromatic heterocycles. The van der Waals surface area contributed by atoms with Crippen LogP contribution >= 0.6 is 22.6 Å². The molecule has 2 rings (SSSR count). The molecule has 0 radical (unpaired) electrons. The Labute approximate surface area is 123 Å². The van der Waals surface area contributed by atoms with Crippen molar-refractivity contribution in [1.82, 2.24) is 0 Å². The lowest BCUT2D eigenvalue weighted by atomic mass is 9.90. The molecule has 2 N–H and O–H groups in total. The van der Waals surface area contributed by atoms with E-state index in [1.807, 2.05) is 6.07 Å². The van der Waals surface area contributed by atoms with Gasteiger partial charge in [0.25, 0.3) is 0 Å². The lowest BCUT2D eigenvalue weighted by Gasteiger charge is -2.20. The van der Waals surface area contributed by atoms with Gasteiger partial charge in [-0.05, 0) is 71.7 Å². The van der Waals surface area contributed by atoms with E-state index in [-0.39, 0.29) is 6.04 Å². The zero-order chi connectivity index (χ0) is 13.3. The SMILES string of the molecule is Cc1cc(C)c(C(N)c2ccccc2I)c(C)c1. The molecule has 2 aromatic rings. The van der Waals surface area contributed by atoms with Crippen LogP contribution in [0.25, 0.3) is 0 Å². The van der Waals surface area contributed by atoms with Crippen LogP contribution in [-0.2, 0) is 0 Å². The maximum Gasteiger partial charge on any atom is 0.0567 e. The predicted octanol–water partition coefficient (Wildman–Crippen LogP) is 4.26.